The van der Waals surface area contributed by atoms with Gasteiger partial charge in [-0.25, -0.2) is 4.79 Å². The monoisotopic (exact) mass is 490 g/mol. The highest BCUT2D eigenvalue weighted by Gasteiger charge is 2.44. The molecule has 9 heteroatoms. The molecule has 0 aliphatic carbocycles. The summed E-state index contributed by atoms with van der Waals surface area (Å²) in [6.07, 6.45) is 4.90. The smallest absolute Gasteiger partial charge is 0.410 e. The Kier molecular flexibility index (Phi) is 8.22. The van der Waals surface area contributed by atoms with Gasteiger partial charge in [-0.05, 0) is 55.8 Å². The molecule has 4 aliphatic rings. The summed E-state index contributed by atoms with van der Waals surface area (Å²) in [5.41, 5.74) is 0. The number of rotatable bonds is 3. The van der Waals surface area contributed by atoms with E-state index in [1.54, 1.807) is 0 Å². The van der Waals surface area contributed by atoms with Crippen LogP contribution in [-0.4, -0.2) is 89.9 Å². The zero-order valence-corrected chi connectivity index (χ0v) is 21.5. The van der Waals surface area contributed by atoms with E-state index in [0.29, 0.717) is 51.5 Å². The molecule has 0 saturated carbocycles. The second-order valence-electron chi connectivity index (χ2n) is 11.5. The molecule has 0 aromatic carbocycles. The molecule has 1 N–H and O–H groups in total. The fraction of sp³-hybridized carbons (Fsp3) is 0.846. The summed E-state index contributed by atoms with van der Waals surface area (Å²) in [7, 11) is 0. The predicted molar refractivity (Wildman–Crippen MR) is 130 cm³/mol. The third-order valence-corrected chi connectivity index (χ3v) is 8.36. The zero-order chi connectivity index (χ0) is 25.1. The Balaban J connectivity index is 1.45. The summed E-state index contributed by atoms with van der Waals surface area (Å²) in [6, 6.07) is 0.197. The third-order valence-electron chi connectivity index (χ3n) is 8.36. The second kappa shape index (κ2) is 11.2. The minimum absolute atomic E-state index is 0.0457. The molecule has 2 bridgehead atoms. The molecule has 4 amide bonds. The van der Waals surface area contributed by atoms with Crippen LogP contribution in [-0.2, 0) is 19.1 Å². The quantitative estimate of drug-likeness (QED) is 0.654. The van der Waals surface area contributed by atoms with Gasteiger partial charge in [0.2, 0.25) is 17.7 Å². The molecule has 0 radical (unpaired) electrons. The summed E-state index contributed by atoms with van der Waals surface area (Å²) in [5.74, 6) is 1.36. The second-order valence-corrected chi connectivity index (χ2v) is 11.5. The molecular formula is C26H42N4O5. The minimum atomic E-state index is -0.422. The van der Waals surface area contributed by atoms with E-state index in [0.717, 1.165) is 32.1 Å². The van der Waals surface area contributed by atoms with Crippen molar-refractivity contribution >= 4 is 23.8 Å². The number of carbonyl (C=O) groups excluding carboxylic acids is 4. The van der Waals surface area contributed by atoms with E-state index >= 15 is 0 Å². The van der Waals surface area contributed by atoms with Gasteiger partial charge in [0.25, 0.3) is 0 Å². The van der Waals surface area contributed by atoms with Gasteiger partial charge in [-0.3, -0.25) is 19.3 Å². The van der Waals surface area contributed by atoms with Gasteiger partial charge in [0.1, 0.15) is 13.2 Å². The van der Waals surface area contributed by atoms with Crippen molar-refractivity contribution in [2.45, 2.75) is 77.8 Å². The Labute approximate surface area is 208 Å². The first-order valence-corrected chi connectivity index (χ1v) is 13.5. The van der Waals surface area contributed by atoms with Crippen molar-refractivity contribution in [3.63, 3.8) is 0 Å². The van der Waals surface area contributed by atoms with Gasteiger partial charge in [0.05, 0.1) is 6.54 Å². The van der Waals surface area contributed by atoms with E-state index in [-0.39, 0.29) is 54.1 Å². The Morgan fingerprint density at radius 3 is 2.63 bits per heavy atom. The first-order valence-electron chi connectivity index (χ1n) is 13.5. The molecule has 4 saturated heterocycles. The number of carbonyl (C=O) groups is 4. The van der Waals surface area contributed by atoms with Crippen LogP contribution in [0.25, 0.3) is 0 Å². The lowest BCUT2D eigenvalue weighted by atomic mass is 9.77. The maximum Gasteiger partial charge on any atom is 0.410 e. The van der Waals surface area contributed by atoms with Gasteiger partial charge in [0.15, 0.2) is 0 Å². The largest absolute Gasteiger partial charge is 0.448 e. The highest BCUT2D eigenvalue weighted by molar-refractivity contribution is 5.83. The van der Waals surface area contributed by atoms with E-state index in [4.69, 9.17) is 4.74 Å². The van der Waals surface area contributed by atoms with Crippen molar-refractivity contribution in [3.05, 3.63) is 0 Å². The highest BCUT2D eigenvalue weighted by Crippen LogP contribution is 2.36. The Morgan fingerprint density at radius 2 is 1.91 bits per heavy atom. The summed E-state index contributed by atoms with van der Waals surface area (Å²) in [4.78, 5) is 56.4. The lowest BCUT2D eigenvalue weighted by molar-refractivity contribution is -0.146. The Hall–Kier alpha value is -2.32. The topological polar surface area (TPSA) is 99.3 Å². The normalized spacial score (nSPS) is 32.9. The third kappa shape index (κ3) is 6.28. The number of cyclic esters (lactones) is 1. The first kappa shape index (κ1) is 25.8. The maximum absolute atomic E-state index is 13.5. The number of piperidine rings is 2. The molecule has 0 spiro atoms. The molecular weight excluding hydrogens is 448 g/mol. The molecule has 4 rings (SSSR count). The van der Waals surface area contributed by atoms with Crippen molar-refractivity contribution < 1.29 is 23.9 Å². The van der Waals surface area contributed by atoms with Gasteiger partial charge >= 0.3 is 6.09 Å². The number of amides is 4. The van der Waals surface area contributed by atoms with Gasteiger partial charge in [-0.1, -0.05) is 20.8 Å². The van der Waals surface area contributed by atoms with Crippen LogP contribution in [0.3, 0.4) is 0 Å². The number of hydrogen-bond acceptors (Lipinski definition) is 5. The van der Waals surface area contributed by atoms with Crippen LogP contribution in [0.4, 0.5) is 4.79 Å². The predicted octanol–water partition coefficient (Wildman–Crippen LogP) is 2.25. The molecule has 0 aromatic heterocycles. The van der Waals surface area contributed by atoms with Crippen molar-refractivity contribution in [1.82, 2.24) is 20.0 Å². The van der Waals surface area contributed by atoms with Crippen molar-refractivity contribution in [1.29, 1.82) is 0 Å². The van der Waals surface area contributed by atoms with E-state index in [2.05, 4.69) is 31.0 Å². The molecule has 0 aromatic rings. The maximum atomic E-state index is 13.5. The number of nitrogens with one attached hydrogen (secondary N) is 1. The SMILES string of the molecule is CC(C)[C@@H]1CC[C@@H](C)CC(=O)N2C[C@H]3C[C@@H](CN(C(=O)CN4CCOC4=O)C3)[C@@H]2CCCC(=O)N1. The first-order chi connectivity index (χ1) is 16.7. The average molecular weight is 491 g/mol. The van der Waals surface area contributed by atoms with Crippen LogP contribution in [0, 0.1) is 23.7 Å². The fourth-order valence-corrected chi connectivity index (χ4v) is 6.34. The Bertz CT molecular complexity index is 818. The highest BCUT2D eigenvalue weighted by atomic mass is 16.6. The van der Waals surface area contributed by atoms with Crippen LogP contribution in [0.15, 0.2) is 0 Å². The lowest BCUT2D eigenvalue weighted by Gasteiger charge is -2.51. The van der Waals surface area contributed by atoms with Gasteiger partial charge < -0.3 is 19.9 Å². The van der Waals surface area contributed by atoms with Gasteiger partial charge in [-0.2, -0.15) is 0 Å². The standard InChI is InChI=1S/C26H42N4O5/c1-17(2)21-8-7-18(3)11-24(32)30-14-19-12-20(22(30)5-4-6-23(31)27-21)15-29(13-19)25(33)16-28-9-10-35-26(28)34/h17-22H,4-16H2,1-3H3,(H,27,31)/t18-,19+,20+,21+,22+/m1/s1. The summed E-state index contributed by atoms with van der Waals surface area (Å²) in [5, 5.41) is 3.23. The molecule has 0 unspecified atom stereocenters. The van der Waals surface area contributed by atoms with Crippen LogP contribution < -0.4 is 5.32 Å². The molecule has 35 heavy (non-hydrogen) atoms. The van der Waals surface area contributed by atoms with E-state index in [1.165, 1.54) is 4.90 Å². The molecule has 4 aliphatic heterocycles. The van der Waals surface area contributed by atoms with E-state index < -0.39 is 6.09 Å². The van der Waals surface area contributed by atoms with Crippen LogP contribution in [0.5, 0.6) is 0 Å². The minimum Gasteiger partial charge on any atom is -0.448 e. The van der Waals surface area contributed by atoms with E-state index in [1.807, 2.05) is 4.90 Å². The van der Waals surface area contributed by atoms with E-state index in [9.17, 15) is 19.2 Å². The number of hydrogen-bond donors (Lipinski definition) is 1. The van der Waals surface area contributed by atoms with Crippen molar-refractivity contribution in [2.24, 2.45) is 23.7 Å². The summed E-state index contributed by atoms with van der Waals surface area (Å²) >= 11 is 0. The van der Waals surface area contributed by atoms with Crippen molar-refractivity contribution in [2.75, 3.05) is 39.3 Å². The van der Waals surface area contributed by atoms with Gasteiger partial charge in [0, 0.05) is 44.6 Å². The summed E-state index contributed by atoms with van der Waals surface area (Å²) < 4.78 is 4.96. The zero-order valence-electron chi connectivity index (χ0n) is 21.5. The number of fused-ring (bicyclic) bond motifs is 4. The molecule has 9 nitrogen and oxygen atoms in total. The fourth-order valence-electron chi connectivity index (χ4n) is 6.34. The lowest BCUT2D eigenvalue weighted by Crippen LogP contribution is -2.61. The van der Waals surface area contributed by atoms with Crippen LogP contribution in [0.2, 0.25) is 0 Å². The number of nitrogens with zero attached hydrogens (tertiary/aromatic N) is 3. The molecule has 4 heterocycles. The van der Waals surface area contributed by atoms with Gasteiger partial charge in [-0.15, -0.1) is 0 Å². The number of likely N-dealkylation sites (tertiary alicyclic amines) is 1. The average Bonchev–Trinajstić information content (AvgIpc) is 3.21. The summed E-state index contributed by atoms with van der Waals surface area (Å²) in [6.45, 7) is 9.16. The Morgan fingerprint density at radius 1 is 1.11 bits per heavy atom. The van der Waals surface area contributed by atoms with Crippen LogP contribution in [0.1, 0.15) is 65.7 Å². The number of ether oxygens (including phenoxy) is 1. The molecule has 4 fully saturated rings. The van der Waals surface area contributed by atoms with Crippen LogP contribution >= 0.6 is 0 Å². The molecule has 5 atom stereocenters. The molecule has 196 valence electrons. The van der Waals surface area contributed by atoms with Crippen molar-refractivity contribution in [3.8, 4) is 0 Å².